The van der Waals surface area contributed by atoms with Gasteiger partial charge in [0.25, 0.3) is 5.91 Å². The number of rotatable bonds is 2. The normalized spacial score (nSPS) is 13.9. The van der Waals surface area contributed by atoms with E-state index < -0.39 is 0 Å². The number of hydrogen-bond donors (Lipinski definition) is 1. The van der Waals surface area contributed by atoms with Crippen LogP contribution in [0.4, 0.5) is 5.69 Å². The SMILES string of the molecule is COc1ccc2[nH]c(C(=O)N3CCCc4ccccc43)cc2c1. The van der Waals surface area contributed by atoms with Gasteiger partial charge in [-0.05, 0) is 48.7 Å². The average Bonchev–Trinajstić information content (AvgIpc) is 3.03. The fourth-order valence-electron chi connectivity index (χ4n) is 3.24. The Balaban J connectivity index is 1.72. The van der Waals surface area contributed by atoms with Gasteiger partial charge in [0.2, 0.25) is 0 Å². The Morgan fingerprint density at radius 2 is 2.04 bits per heavy atom. The van der Waals surface area contributed by atoms with Gasteiger partial charge in [0.1, 0.15) is 11.4 Å². The summed E-state index contributed by atoms with van der Waals surface area (Å²) in [5.41, 5.74) is 3.83. The number of fused-ring (bicyclic) bond motifs is 2. The lowest BCUT2D eigenvalue weighted by atomic mass is 10.0. The topological polar surface area (TPSA) is 45.3 Å². The smallest absolute Gasteiger partial charge is 0.274 e. The minimum atomic E-state index is 0.0207. The summed E-state index contributed by atoms with van der Waals surface area (Å²) in [4.78, 5) is 18.1. The molecular formula is C19H18N2O2. The molecule has 4 nitrogen and oxygen atoms in total. The van der Waals surface area contributed by atoms with Crippen LogP contribution in [0.1, 0.15) is 22.5 Å². The van der Waals surface area contributed by atoms with E-state index in [-0.39, 0.29) is 5.91 Å². The minimum Gasteiger partial charge on any atom is -0.497 e. The molecule has 3 aromatic rings. The fourth-order valence-corrected chi connectivity index (χ4v) is 3.24. The van der Waals surface area contributed by atoms with Crippen molar-refractivity contribution in [3.05, 3.63) is 59.8 Å². The molecule has 0 aliphatic carbocycles. The Kier molecular flexibility index (Phi) is 3.30. The lowest BCUT2D eigenvalue weighted by Crippen LogP contribution is -2.35. The summed E-state index contributed by atoms with van der Waals surface area (Å²) in [6.45, 7) is 0.758. The maximum Gasteiger partial charge on any atom is 0.274 e. The predicted octanol–water partition coefficient (Wildman–Crippen LogP) is 3.77. The van der Waals surface area contributed by atoms with E-state index in [0.717, 1.165) is 41.7 Å². The van der Waals surface area contributed by atoms with Crippen LogP contribution in [0.5, 0.6) is 5.75 Å². The first-order valence-corrected chi connectivity index (χ1v) is 7.83. The Morgan fingerprint density at radius 1 is 1.17 bits per heavy atom. The number of nitrogens with one attached hydrogen (secondary N) is 1. The molecule has 0 spiro atoms. The van der Waals surface area contributed by atoms with Crippen molar-refractivity contribution in [2.75, 3.05) is 18.6 Å². The zero-order valence-electron chi connectivity index (χ0n) is 13.0. The molecule has 2 heterocycles. The van der Waals surface area contributed by atoms with Gasteiger partial charge in [-0.15, -0.1) is 0 Å². The van der Waals surface area contributed by atoms with Crippen molar-refractivity contribution in [2.24, 2.45) is 0 Å². The summed E-state index contributed by atoms with van der Waals surface area (Å²) < 4.78 is 5.25. The summed E-state index contributed by atoms with van der Waals surface area (Å²) in [6.07, 6.45) is 2.03. The molecule has 0 radical (unpaired) electrons. The highest BCUT2D eigenvalue weighted by Crippen LogP contribution is 2.29. The van der Waals surface area contributed by atoms with Gasteiger partial charge < -0.3 is 14.6 Å². The lowest BCUT2D eigenvalue weighted by molar-refractivity contribution is 0.0981. The zero-order chi connectivity index (χ0) is 15.8. The second-order valence-electron chi connectivity index (χ2n) is 5.83. The second kappa shape index (κ2) is 5.47. The molecule has 1 N–H and O–H groups in total. The van der Waals surface area contributed by atoms with Crippen molar-refractivity contribution in [1.29, 1.82) is 0 Å². The monoisotopic (exact) mass is 306 g/mol. The summed E-state index contributed by atoms with van der Waals surface area (Å²) in [5.74, 6) is 0.811. The van der Waals surface area contributed by atoms with E-state index in [1.165, 1.54) is 5.56 Å². The molecule has 4 rings (SSSR count). The van der Waals surface area contributed by atoms with Crippen molar-refractivity contribution >= 4 is 22.5 Å². The van der Waals surface area contributed by atoms with E-state index in [1.807, 2.05) is 47.4 Å². The summed E-state index contributed by atoms with van der Waals surface area (Å²) in [5, 5.41) is 0.984. The van der Waals surface area contributed by atoms with Crippen LogP contribution in [0.25, 0.3) is 10.9 Å². The van der Waals surface area contributed by atoms with Gasteiger partial charge in [0, 0.05) is 23.1 Å². The van der Waals surface area contributed by atoms with Crippen LogP contribution in [0.15, 0.2) is 48.5 Å². The fraction of sp³-hybridized carbons (Fsp3) is 0.211. The lowest BCUT2D eigenvalue weighted by Gasteiger charge is -2.29. The van der Waals surface area contributed by atoms with Crippen LogP contribution in [0.2, 0.25) is 0 Å². The highest BCUT2D eigenvalue weighted by atomic mass is 16.5. The highest BCUT2D eigenvalue weighted by Gasteiger charge is 2.24. The van der Waals surface area contributed by atoms with Crippen molar-refractivity contribution in [2.45, 2.75) is 12.8 Å². The number of carbonyl (C=O) groups is 1. The Morgan fingerprint density at radius 3 is 2.91 bits per heavy atom. The first-order valence-electron chi connectivity index (χ1n) is 7.83. The van der Waals surface area contributed by atoms with Crippen molar-refractivity contribution < 1.29 is 9.53 Å². The van der Waals surface area contributed by atoms with E-state index in [1.54, 1.807) is 7.11 Å². The number of benzene rings is 2. The van der Waals surface area contributed by atoms with Gasteiger partial charge in [-0.2, -0.15) is 0 Å². The van der Waals surface area contributed by atoms with Crippen LogP contribution in [0, 0.1) is 0 Å². The minimum absolute atomic E-state index is 0.0207. The molecule has 0 bridgehead atoms. The third-order valence-electron chi connectivity index (χ3n) is 4.41. The first kappa shape index (κ1) is 13.9. The van der Waals surface area contributed by atoms with Gasteiger partial charge >= 0.3 is 0 Å². The van der Waals surface area contributed by atoms with Crippen LogP contribution in [-0.4, -0.2) is 24.5 Å². The van der Waals surface area contributed by atoms with Gasteiger partial charge in [-0.1, -0.05) is 18.2 Å². The molecule has 1 aromatic heterocycles. The summed E-state index contributed by atoms with van der Waals surface area (Å²) in [7, 11) is 1.64. The van der Waals surface area contributed by atoms with Gasteiger partial charge in [-0.3, -0.25) is 4.79 Å². The van der Waals surface area contributed by atoms with Gasteiger partial charge in [0.15, 0.2) is 0 Å². The number of amides is 1. The molecule has 0 saturated carbocycles. The maximum atomic E-state index is 12.9. The van der Waals surface area contributed by atoms with Crippen LogP contribution < -0.4 is 9.64 Å². The number of anilines is 1. The number of hydrogen-bond acceptors (Lipinski definition) is 2. The quantitative estimate of drug-likeness (QED) is 0.783. The van der Waals surface area contributed by atoms with Crippen molar-refractivity contribution in [3.8, 4) is 5.75 Å². The maximum absolute atomic E-state index is 12.9. The summed E-state index contributed by atoms with van der Waals surface area (Å²) >= 11 is 0. The number of aryl methyl sites for hydroxylation is 1. The third kappa shape index (κ3) is 2.36. The Labute approximate surface area is 134 Å². The van der Waals surface area contributed by atoms with Crippen LogP contribution in [0.3, 0.4) is 0 Å². The molecule has 4 heteroatoms. The molecule has 0 fully saturated rings. The predicted molar refractivity (Wildman–Crippen MR) is 91.3 cm³/mol. The van der Waals surface area contributed by atoms with E-state index in [0.29, 0.717) is 5.69 Å². The zero-order valence-corrected chi connectivity index (χ0v) is 13.0. The largest absolute Gasteiger partial charge is 0.497 e. The molecule has 0 saturated heterocycles. The van der Waals surface area contributed by atoms with Crippen molar-refractivity contribution in [3.63, 3.8) is 0 Å². The van der Waals surface area contributed by atoms with E-state index >= 15 is 0 Å². The second-order valence-corrected chi connectivity index (χ2v) is 5.83. The standard InChI is InChI=1S/C19H18N2O2/c1-23-15-8-9-16-14(11-15)12-17(20-16)19(22)21-10-4-6-13-5-2-3-7-18(13)21/h2-3,5,7-9,11-12,20H,4,6,10H2,1H3. The molecule has 1 amide bonds. The number of para-hydroxylation sites is 1. The van der Waals surface area contributed by atoms with Crippen molar-refractivity contribution in [1.82, 2.24) is 4.98 Å². The average molecular weight is 306 g/mol. The molecule has 2 aromatic carbocycles. The molecule has 116 valence electrons. The molecular weight excluding hydrogens is 288 g/mol. The number of aromatic nitrogens is 1. The third-order valence-corrected chi connectivity index (χ3v) is 4.41. The number of aromatic amines is 1. The molecule has 23 heavy (non-hydrogen) atoms. The first-order chi connectivity index (χ1) is 11.3. The molecule has 1 aliphatic heterocycles. The van der Waals surface area contributed by atoms with Gasteiger partial charge in [-0.25, -0.2) is 0 Å². The number of ether oxygens (including phenoxy) is 1. The number of nitrogens with zero attached hydrogens (tertiary/aromatic N) is 1. The number of methoxy groups -OCH3 is 1. The Bertz CT molecular complexity index is 882. The summed E-state index contributed by atoms with van der Waals surface area (Å²) in [6, 6.07) is 15.8. The molecule has 0 unspecified atom stereocenters. The molecule has 1 aliphatic rings. The number of carbonyl (C=O) groups excluding carboxylic acids is 1. The van der Waals surface area contributed by atoms with E-state index in [2.05, 4.69) is 11.1 Å². The highest BCUT2D eigenvalue weighted by molar-refractivity contribution is 6.08. The van der Waals surface area contributed by atoms with Crippen LogP contribution in [-0.2, 0) is 6.42 Å². The molecule has 0 atom stereocenters. The van der Waals surface area contributed by atoms with Crippen LogP contribution >= 0.6 is 0 Å². The van der Waals surface area contributed by atoms with E-state index in [4.69, 9.17) is 4.74 Å². The van der Waals surface area contributed by atoms with Gasteiger partial charge in [0.05, 0.1) is 7.11 Å². The number of H-pyrrole nitrogens is 1. The van der Waals surface area contributed by atoms with E-state index in [9.17, 15) is 4.79 Å². The Hall–Kier alpha value is -2.75.